The Morgan fingerprint density at radius 1 is 1.15 bits per heavy atom. The highest BCUT2D eigenvalue weighted by Gasteiger charge is 2.17. The highest BCUT2D eigenvalue weighted by atomic mass is 19.1. The summed E-state index contributed by atoms with van der Waals surface area (Å²) in [5.74, 6) is 0.810. The number of hydrogen-bond donors (Lipinski definition) is 1. The van der Waals surface area contributed by atoms with E-state index in [4.69, 9.17) is 10.3 Å². The lowest BCUT2D eigenvalue weighted by Crippen LogP contribution is -1.93. The van der Waals surface area contributed by atoms with Gasteiger partial charge in [0, 0.05) is 16.5 Å². The lowest BCUT2D eigenvalue weighted by atomic mass is 9.98. The third-order valence-electron chi connectivity index (χ3n) is 3.43. The third kappa shape index (κ3) is 1.93. The van der Waals surface area contributed by atoms with Crippen molar-refractivity contribution in [1.82, 2.24) is 5.16 Å². The molecule has 0 aliphatic carbocycles. The normalized spacial score (nSPS) is 11.1. The molecule has 3 nitrogen and oxygen atoms in total. The van der Waals surface area contributed by atoms with Gasteiger partial charge in [-0.05, 0) is 23.9 Å². The second-order valence-electron chi connectivity index (χ2n) is 4.77. The topological polar surface area (TPSA) is 52.0 Å². The Balaban J connectivity index is 2.28. The van der Waals surface area contributed by atoms with Crippen LogP contribution in [0.1, 0.15) is 18.9 Å². The molecule has 0 atom stereocenters. The first-order chi connectivity index (χ1) is 9.72. The molecule has 0 saturated heterocycles. The van der Waals surface area contributed by atoms with Crippen LogP contribution in [0.2, 0.25) is 0 Å². The Morgan fingerprint density at radius 2 is 1.90 bits per heavy atom. The predicted octanol–water partition coefficient (Wildman–Crippen LogP) is 4.17. The molecule has 20 heavy (non-hydrogen) atoms. The largest absolute Gasteiger partial charge is 0.381 e. The molecule has 0 fully saturated rings. The molecule has 0 radical (unpaired) electrons. The zero-order valence-electron chi connectivity index (χ0n) is 11.2. The molecule has 1 aromatic heterocycles. The molecule has 0 aliphatic heterocycles. The van der Waals surface area contributed by atoms with Gasteiger partial charge in [0.2, 0.25) is 0 Å². The van der Waals surface area contributed by atoms with E-state index < -0.39 is 0 Å². The summed E-state index contributed by atoms with van der Waals surface area (Å²) in [5, 5.41) is 5.23. The van der Waals surface area contributed by atoms with E-state index in [1.165, 1.54) is 6.07 Å². The van der Waals surface area contributed by atoms with E-state index in [2.05, 4.69) is 12.1 Å². The SMILES string of the molecule is CCCc1c(N)noc1-c1ccc(F)c2ccccc12. The summed E-state index contributed by atoms with van der Waals surface area (Å²) < 4.78 is 19.2. The van der Waals surface area contributed by atoms with Gasteiger partial charge < -0.3 is 10.3 Å². The summed E-state index contributed by atoms with van der Waals surface area (Å²) in [6, 6.07) is 10.5. The molecule has 0 saturated carbocycles. The zero-order valence-corrected chi connectivity index (χ0v) is 11.2. The van der Waals surface area contributed by atoms with Crippen molar-refractivity contribution in [2.24, 2.45) is 0 Å². The Bertz CT molecular complexity index is 764. The minimum atomic E-state index is -0.242. The standard InChI is InChI=1S/C16H15FN2O/c1-2-5-13-15(20-19-16(13)18)12-8-9-14(17)11-7-4-3-6-10(11)12/h3-4,6-9H,2,5H2,1H3,(H2,18,19). The molecule has 0 spiro atoms. The number of nitrogens with two attached hydrogens (primary N) is 1. The average Bonchev–Trinajstić information content (AvgIpc) is 2.82. The highest BCUT2D eigenvalue weighted by Crippen LogP contribution is 2.34. The summed E-state index contributed by atoms with van der Waals surface area (Å²) >= 11 is 0. The fourth-order valence-corrected chi connectivity index (χ4v) is 2.48. The van der Waals surface area contributed by atoms with Crippen LogP contribution in [0.15, 0.2) is 40.9 Å². The van der Waals surface area contributed by atoms with Gasteiger partial charge in [0.05, 0.1) is 0 Å². The molecule has 102 valence electrons. The smallest absolute Gasteiger partial charge is 0.172 e. The average molecular weight is 270 g/mol. The molecule has 0 amide bonds. The van der Waals surface area contributed by atoms with E-state index in [9.17, 15) is 4.39 Å². The molecule has 0 bridgehead atoms. The summed E-state index contributed by atoms with van der Waals surface area (Å²) in [6.07, 6.45) is 1.73. The van der Waals surface area contributed by atoms with Crippen molar-refractivity contribution < 1.29 is 8.91 Å². The zero-order chi connectivity index (χ0) is 14.1. The van der Waals surface area contributed by atoms with E-state index in [-0.39, 0.29) is 5.82 Å². The lowest BCUT2D eigenvalue weighted by molar-refractivity contribution is 0.435. The first kappa shape index (κ1) is 12.7. The number of hydrogen-bond acceptors (Lipinski definition) is 3. The molecule has 4 heteroatoms. The number of fused-ring (bicyclic) bond motifs is 1. The second-order valence-corrected chi connectivity index (χ2v) is 4.77. The molecule has 0 unspecified atom stereocenters. The van der Waals surface area contributed by atoms with Gasteiger partial charge in [-0.15, -0.1) is 0 Å². The van der Waals surface area contributed by atoms with Gasteiger partial charge >= 0.3 is 0 Å². The van der Waals surface area contributed by atoms with Crippen LogP contribution in [0.25, 0.3) is 22.1 Å². The molecular weight excluding hydrogens is 255 g/mol. The molecule has 2 N–H and O–H groups in total. The molecule has 3 rings (SSSR count). The van der Waals surface area contributed by atoms with E-state index in [1.807, 2.05) is 18.2 Å². The summed E-state index contributed by atoms with van der Waals surface area (Å²) in [5.41, 5.74) is 7.58. The summed E-state index contributed by atoms with van der Waals surface area (Å²) in [4.78, 5) is 0. The Hall–Kier alpha value is -2.36. The van der Waals surface area contributed by atoms with E-state index in [0.717, 1.165) is 29.4 Å². The predicted molar refractivity (Wildman–Crippen MR) is 77.8 cm³/mol. The fraction of sp³-hybridized carbons (Fsp3) is 0.188. The van der Waals surface area contributed by atoms with Gasteiger partial charge in [0.1, 0.15) is 5.82 Å². The van der Waals surface area contributed by atoms with Gasteiger partial charge in [-0.25, -0.2) is 4.39 Å². The monoisotopic (exact) mass is 270 g/mol. The maximum Gasteiger partial charge on any atom is 0.172 e. The summed E-state index contributed by atoms with van der Waals surface area (Å²) in [6.45, 7) is 2.07. The minimum absolute atomic E-state index is 0.242. The number of anilines is 1. The van der Waals surface area contributed by atoms with E-state index in [1.54, 1.807) is 12.1 Å². The first-order valence-corrected chi connectivity index (χ1v) is 6.64. The lowest BCUT2D eigenvalue weighted by Gasteiger charge is -2.06. The second kappa shape index (κ2) is 4.96. The first-order valence-electron chi connectivity index (χ1n) is 6.64. The quantitative estimate of drug-likeness (QED) is 0.777. The minimum Gasteiger partial charge on any atom is -0.381 e. The van der Waals surface area contributed by atoms with Crippen LogP contribution in [-0.2, 0) is 6.42 Å². The number of nitrogen functional groups attached to an aromatic ring is 1. The number of rotatable bonds is 3. The third-order valence-corrected chi connectivity index (χ3v) is 3.43. The van der Waals surface area contributed by atoms with Gasteiger partial charge in [-0.1, -0.05) is 42.8 Å². The Morgan fingerprint density at radius 3 is 2.65 bits per heavy atom. The Kier molecular flexibility index (Phi) is 3.14. The molecule has 1 heterocycles. The van der Waals surface area contributed by atoms with Crippen LogP contribution in [-0.4, -0.2) is 5.16 Å². The highest BCUT2D eigenvalue weighted by molar-refractivity contribution is 5.96. The van der Waals surface area contributed by atoms with Crippen molar-refractivity contribution in [2.45, 2.75) is 19.8 Å². The maximum atomic E-state index is 13.9. The van der Waals surface area contributed by atoms with Gasteiger partial charge in [0.25, 0.3) is 0 Å². The van der Waals surface area contributed by atoms with Gasteiger partial charge in [-0.2, -0.15) is 0 Å². The number of benzene rings is 2. The Labute approximate surface area is 116 Å². The van der Waals surface area contributed by atoms with Gasteiger partial charge in [0.15, 0.2) is 11.6 Å². The fourth-order valence-electron chi connectivity index (χ4n) is 2.48. The van der Waals surface area contributed by atoms with Gasteiger partial charge in [-0.3, -0.25) is 0 Å². The van der Waals surface area contributed by atoms with Crippen LogP contribution >= 0.6 is 0 Å². The molecule has 3 aromatic rings. The summed E-state index contributed by atoms with van der Waals surface area (Å²) in [7, 11) is 0. The molecule has 2 aromatic carbocycles. The van der Waals surface area contributed by atoms with Crippen LogP contribution in [0.5, 0.6) is 0 Å². The molecule has 0 aliphatic rings. The van der Waals surface area contributed by atoms with Crippen LogP contribution in [0, 0.1) is 5.82 Å². The number of halogens is 1. The molecular formula is C16H15FN2O. The number of aromatic nitrogens is 1. The van der Waals surface area contributed by atoms with Crippen LogP contribution in [0.3, 0.4) is 0 Å². The van der Waals surface area contributed by atoms with Crippen molar-refractivity contribution in [1.29, 1.82) is 0 Å². The van der Waals surface area contributed by atoms with Crippen molar-refractivity contribution in [3.05, 3.63) is 47.8 Å². The van der Waals surface area contributed by atoms with Crippen LogP contribution < -0.4 is 5.73 Å². The van der Waals surface area contributed by atoms with Crippen molar-refractivity contribution in [2.75, 3.05) is 5.73 Å². The van der Waals surface area contributed by atoms with Crippen molar-refractivity contribution in [3.8, 4) is 11.3 Å². The van der Waals surface area contributed by atoms with Crippen LogP contribution in [0.4, 0.5) is 10.2 Å². The van der Waals surface area contributed by atoms with E-state index in [0.29, 0.717) is 17.0 Å². The number of nitrogens with zero attached hydrogens (tertiary/aromatic N) is 1. The van der Waals surface area contributed by atoms with E-state index >= 15 is 0 Å². The maximum absolute atomic E-state index is 13.9. The van der Waals surface area contributed by atoms with Crippen molar-refractivity contribution in [3.63, 3.8) is 0 Å². The van der Waals surface area contributed by atoms with Crippen molar-refractivity contribution >= 4 is 16.6 Å².